The average Bonchev–Trinajstić information content (AvgIpc) is 2.83. The maximum Gasteiger partial charge on any atom is 0.317 e. The Hall–Kier alpha value is -1.14. The Morgan fingerprint density at radius 3 is 2.95 bits per heavy atom. The second kappa shape index (κ2) is 6.34. The summed E-state index contributed by atoms with van der Waals surface area (Å²) < 4.78 is 13.8. The van der Waals surface area contributed by atoms with Crippen LogP contribution >= 0.6 is 15.9 Å². The molecule has 0 aromatic heterocycles. The molecule has 0 bridgehead atoms. The predicted octanol–water partition coefficient (Wildman–Crippen LogP) is 2.11. The van der Waals surface area contributed by atoms with Crippen LogP contribution in [-0.2, 0) is 6.54 Å². The number of hydrogen-bond donors (Lipinski definition) is 2. The Morgan fingerprint density at radius 1 is 1.53 bits per heavy atom. The number of amides is 2. The minimum Gasteiger partial charge on any atom is -0.396 e. The Balaban J connectivity index is 1.86. The van der Waals surface area contributed by atoms with E-state index in [4.69, 9.17) is 5.11 Å². The number of likely N-dealkylation sites (tertiary alicyclic amines) is 1. The summed E-state index contributed by atoms with van der Waals surface area (Å²) in [4.78, 5) is 13.6. The molecule has 1 aromatic carbocycles. The molecule has 2 rings (SSSR count). The predicted molar refractivity (Wildman–Crippen MR) is 73.1 cm³/mol. The SMILES string of the molecule is O=C(NCc1cc(F)cc(Br)c1)N1CCC(CO)C1. The smallest absolute Gasteiger partial charge is 0.317 e. The highest BCUT2D eigenvalue weighted by molar-refractivity contribution is 9.10. The van der Waals surface area contributed by atoms with Crippen LogP contribution < -0.4 is 5.32 Å². The van der Waals surface area contributed by atoms with E-state index in [1.54, 1.807) is 11.0 Å². The summed E-state index contributed by atoms with van der Waals surface area (Å²) in [5, 5.41) is 11.8. The largest absolute Gasteiger partial charge is 0.396 e. The van der Waals surface area contributed by atoms with Crippen LogP contribution in [0.4, 0.5) is 9.18 Å². The Kier molecular flexibility index (Phi) is 4.76. The van der Waals surface area contributed by atoms with Gasteiger partial charge < -0.3 is 15.3 Å². The molecule has 104 valence electrons. The summed E-state index contributed by atoms with van der Waals surface area (Å²) in [7, 11) is 0. The Bertz CT molecular complexity index is 450. The molecule has 1 saturated heterocycles. The van der Waals surface area contributed by atoms with Gasteiger partial charge in [0.2, 0.25) is 0 Å². The maximum absolute atomic E-state index is 13.2. The minimum absolute atomic E-state index is 0.112. The van der Waals surface area contributed by atoms with Crippen molar-refractivity contribution in [3.8, 4) is 0 Å². The molecule has 6 heteroatoms. The molecule has 1 unspecified atom stereocenters. The monoisotopic (exact) mass is 330 g/mol. The third-order valence-corrected chi connectivity index (χ3v) is 3.66. The van der Waals surface area contributed by atoms with Crippen molar-refractivity contribution >= 4 is 22.0 Å². The van der Waals surface area contributed by atoms with Crippen molar-refractivity contribution in [2.45, 2.75) is 13.0 Å². The van der Waals surface area contributed by atoms with Crippen molar-refractivity contribution in [1.29, 1.82) is 0 Å². The van der Waals surface area contributed by atoms with Crippen LogP contribution in [0.2, 0.25) is 0 Å². The van der Waals surface area contributed by atoms with Crippen LogP contribution in [0.3, 0.4) is 0 Å². The van der Waals surface area contributed by atoms with Gasteiger partial charge in [0.05, 0.1) is 0 Å². The third kappa shape index (κ3) is 3.91. The van der Waals surface area contributed by atoms with Gasteiger partial charge in [-0.3, -0.25) is 0 Å². The number of carbonyl (C=O) groups is 1. The zero-order valence-electron chi connectivity index (χ0n) is 10.4. The van der Waals surface area contributed by atoms with Crippen molar-refractivity contribution in [3.05, 3.63) is 34.1 Å². The Morgan fingerprint density at radius 2 is 2.32 bits per heavy atom. The molecule has 1 atom stereocenters. The maximum atomic E-state index is 13.2. The first-order valence-corrected chi connectivity index (χ1v) is 6.96. The van der Waals surface area contributed by atoms with E-state index >= 15 is 0 Å². The highest BCUT2D eigenvalue weighted by Gasteiger charge is 2.25. The average molecular weight is 331 g/mol. The van der Waals surface area contributed by atoms with Crippen molar-refractivity contribution in [2.24, 2.45) is 5.92 Å². The number of aliphatic hydroxyl groups excluding tert-OH is 1. The molecule has 1 aliphatic heterocycles. The fourth-order valence-corrected chi connectivity index (χ4v) is 2.68. The topological polar surface area (TPSA) is 52.6 Å². The number of urea groups is 1. The van der Waals surface area contributed by atoms with Crippen molar-refractivity contribution in [3.63, 3.8) is 0 Å². The molecule has 1 aromatic rings. The summed E-state index contributed by atoms with van der Waals surface area (Å²) in [6.07, 6.45) is 0.829. The number of hydrogen-bond acceptors (Lipinski definition) is 2. The summed E-state index contributed by atoms with van der Waals surface area (Å²) in [6, 6.07) is 4.36. The van der Waals surface area contributed by atoms with E-state index in [0.29, 0.717) is 23.1 Å². The number of nitrogens with zero attached hydrogens (tertiary/aromatic N) is 1. The van der Waals surface area contributed by atoms with E-state index < -0.39 is 0 Å². The third-order valence-electron chi connectivity index (χ3n) is 3.20. The summed E-state index contributed by atoms with van der Waals surface area (Å²) in [5.41, 5.74) is 0.707. The lowest BCUT2D eigenvalue weighted by molar-refractivity contribution is 0.198. The molecule has 0 radical (unpaired) electrons. The van der Waals surface area contributed by atoms with Gasteiger partial charge >= 0.3 is 6.03 Å². The van der Waals surface area contributed by atoms with Gasteiger partial charge in [-0.25, -0.2) is 9.18 Å². The van der Waals surface area contributed by atoms with Gasteiger partial charge in [-0.2, -0.15) is 0 Å². The zero-order valence-corrected chi connectivity index (χ0v) is 12.0. The molecule has 0 aliphatic carbocycles. The van der Waals surface area contributed by atoms with Crippen LogP contribution in [0, 0.1) is 11.7 Å². The second-order valence-corrected chi connectivity index (χ2v) is 5.64. The number of carbonyl (C=O) groups excluding carboxylic acids is 1. The van der Waals surface area contributed by atoms with Crippen molar-refractivity contribution < 1.29 is 14.3 Å². The molecular weight excluding hydrogens is 315 g/mol. The summed E-state index contributed by atoms with van der Waals surface area (Å²) in [5.74, 6) is -0.158. The number of rotatable bonds is 3. The lowest BCUT2D eigenvalue weighted by atomic mass is 10.1. The fraction of sp³-hybridized carbons (Fsp3) is 0.462. The quantitative estimate of drug-likeness (QED) is 0.891. The van der Waals surface area contributed by atoms with E-state index in [0.717, 1.165) is 6.42 Å². The molecule has 2 amide bonds. The lowest BCUT2D eigenvalue weighted by Gasteiger charge is -2.17. The van der Waals surface area contributed by atoms with Crippen molar-refractivity contribution in [1.82, 2.24) is 10.2 Å². The first-order valence-electron chi connectivity index (χ1n) is 6.17. The normalized spacial score (nSPS) is 18.7. The zero-order chi connectivity index (χ0) is 13.8. The first-order chi connectivity index (χ1) is 9.08. The second-order valence-electron chi connectivity index (χ2n) is 4.72. The van der Waals surface area contributed by atoms with Crippen LogP contribution in [0.1, 0.15) is 12.0 Å². The summed E-state index contributed by atoms with van der Waals surface area (Å²) >= 11 is 3.21. The number of aliphatic hydroxyl groups is 1. The standard InChI is InChI=1S/C13H16BrFN2O2/c14-11-3-10(4-12(15)5-11)6-16-13(19)17-2-1-9(7-17)8-18/h3-5,9,18H,1-2,6-8H2,(H,16,19). The van der Waals surface area contributed by atoms with Crippen LogP contribution in [0.5, 0.6) is 0 Å². The molecule has 1 fully saturated rings. The highest BCUT2D eigenvalue weighted by atomic mass is 79.9. The molecule has 0 spiro atoms. The minimum atomic E-state index is -0.333. The molecule has 0 saturated carbocycles. The lowest BCUT2D eigenvalue weighted by Crippen LogP contribution is -2.38. The summed E-state index contributed by atoms with van der Waals surface area (Å²) in [6.45, 7) is 1.63. The van der Waals surface area contributed by atoms with E-state index in [9.17, 15) is 9.18 Å². The van der Waals surface area contributed by atoms with Crippen LogP contribution in [0.15, 0.2) is 22.7 Å². The Labute approximate surface area is 119 Å². The molecule has 4 nitrogen and oxygen atoms in total. The van der Waals surface area contributed by atoms with Gasteiger partial charge in [0.15, 0.2) is 0 Å². The van der Waals surface area contributed by atoms with E-state index in [1.165, 1.54) is 12.1 Å². The van der Waals surface area contributed by atoms with E-state index in [-0.39, 0.29) is 30.9 Å². The number of nitrogens with one attached hydrogen (secondary N) is 1. The van der Waals surface area contributed by atoms with Gasteiger partial charge in [-0.1, -0.05) is 15.9 Å². The van der Waals surface area contributed by atoms with Gasteiger partial charge in [-0.05, 0) is 30.2 Å². The molecule has 1 heterocycles. The highest BCUT2D eigenvalue weighted by Crippen LogP contribution is 2.16. The first kappa shape index (κ1) is 14.3. The number of halogens is 2. The van der Waals surface area contributed by atoms with Crippen LogP contribution in [-0.4, -0.2) is 35.7 Å². The molecule has 19 heavy (non-hydrogen) atoms. The number of benzene rings is 1. The molecular formula is C13H16BrFN2O2. The van der Waals surface area contributed by atoms with E-state index in [2.05, 4.69) is 21.2 Å². The van der Waals surface area contributed by atoms with Gasteiger partial charge in [0.1, 0.15) is 5.82 Å². The van der Waals surface area contributed by atoms with Crippen molar-refractivity contribution in [2.75, 3.05) is 19.7 Å². The fourth-order valence-electron chi connectivity index (χ4n) is 2.17. The molecule has 1 aliphatic rings. The van der Waals surface area contributed by atoms with E-state index in [1.807, 2.05) is 0 Å². The van der Waals surface area contributed by atoms with Crippen LogP contribution in [0.25, 0.3) is 0 Å². The van der Waals surface area contributed by atoms with Gasteiger partial charge in [0.25, 0.3) is 0 Å². The molecule has 2 N–H and O–H groups in total. The van der Waals surface area contributed by atoms with Gasteiger partial charge in [-0.15, -0.1) is 0 Å². The van der Waals surface area contributed by atoms with Gasteiger partial charge in [0, 0.05) is 36.6 Å².